The highest BCUT2D eigenvalue weighted by Gasteiger charge is 2.05. The SMILES string of the molecule is CCCOCCC(=O)c1ccc(F)cc1. The molecule has 15 heavy (non-hydrogen) atoms. The van der Waals surface area contributed by atoms with Crippen LogP contribution in [0.25, 0.3) is 0 Å². The number of carbonyl (C=O) groups excluding carboxylic acids is 1. The highest BCUT2D eigenvalue weighted by molar-refractivity contribution is 5.96. The molecule has 1 aromatic rings. The first-order valence-electron chi connectivity index (χ1n) is 5.10. The number of ketones is 1. The second kappa shape index (κ2) is 6.30. The van der Waals surface area contributed by atoms with Gasteiger partial charge in [0.05, 0.1) is 6.61 Å². The van der Waals surface area contributed by atoms with Crippen LogP contribution in [0.4, 0.5) is 4.39 Å². The lowest BCUT2D eigenvalue weighted by atomic mass is 10.1. The van der Waals surface area contributed by atoms with Crippen molar-refractivity contribution in [3.63, 3.8) is 0 Å². The smallest absolute Gasteiger partial charge is 0.165 e. The lowest BCUT2D eigenvalue weighted by molar-refractivity contribution is 0.0879. The Hall–Kier alpha value is -1.22. The summed E-state index contributed by atoms with van der Waals surface area (Å²) in [7, 11) is 0. The van der Waals surface area contributed by atoms with Crippen molar-refractivity contribution in [1.82, 2.24) is 0 Å². The van der Waals surface area contributed by atoms with E-state index in [-0.39, 0.29) is 11.6 Å². The highest BCUT2D eigenvalue weighted by Crippen LogP contribution is 2.05. The van der Waals surface area contributed by atoms with Gasteiger partial charge in [-0.05, 0) is 30.7 Å². The Balaban J connectivity index is 2.37. The number of Topliss-reactive ketones (excluding diaryl/α,β-unsaturated/α-hetero) is 1. The maximum absolute atomic E-state index is 12.6. The number of hydrogen-bond donors (Lipinski definition) is 0. The molecule has 0 bridgehead atoms. The van der Waals surface area contributed by atoms with Crippen LogP contribution < -0.4 is 0 Å². The molecule has 0 radical (unpaired) electrons. The van der Waals surface area contributed by atoms with Gasteiger partial charge in [0.15, 0.2) is 5.78 Å². The molecule has 1 aromatic carbocycles. The van der Waals surface area contributed by atoms with Crippen LogP contribution in [-0.4, -0.2) is 19.0 Å². The Labute approximate surface area is 89.1 Å². The lowest BCUT2D eigenvalue weighted by Crippen LogP contribution is -2.05. The van der Waals surface area contributed by atoms with Crippen LogP contribution in [-0.2, 0) is 4.74 Å². The molecule has 0 amide bonds. The van der Waals surface area contributed by atoms with E-state index in [2.05, 4.69) is 0 Å². The summed E-state index contributed by atoms with van der Waals surface area (Å²) in [6, 6.07) is 5.58. The quantitative estimate of drug-likeness (QED) is 0.533. The van der Waals surface area contributed by atoms with E-state index in [1.165, 1.54) is 24.3 Å². The van der Waals surface area contributed by atoms with E-state index in [9.17, 15) is 9.18 Å². The van der Waals surface area contributed by atoms with Crippen molar-refractivity contribution in [2.75, 3.05) is 13.2 Å². The minimum absolute atomic E-state index is 0.00824. The molecular formula is C12H15FO2. The predicted molar refractivity (Wildman–Crippen MR) is 56.5 cm³/mol. The Morgan fingerprint density at radius 2 is 1.93 bits per heavy atom. The molecule has 0 atom stereocenters. The van der Waals surface area contributed by atoms with Gasteiger partial charge in [0, 0.05) is 18.6 Å². The molecule has 0 aliphatic heterocycles. The maximum atomic E-state index is 12.6. The average Bonchev–Trinajstić information content (AvgIpc) is 2.25. The zero-order chi connectivity index (χ0) is 11.1. The van der Waals surface area contributed by atoms with Gasteiger partial charge < -0.3 is 4.74 Å². The Kier molecular flexibility index (Phi) is 4.98. The number of hydrogen-bond acceptors (Lipinski definition) is 2. The van der Waals surface area contributed by atoms with Crippen molar-refractivity contribution in [2.45, 2.75) is 19.8 Å². The van der Waals surface area contributed by atoms with Crippen LogP contribution in [0.3, 0.4) is 0 Å². The van der Waals surface area contributed by atoms with Crippen molar-refractivity contribution in [1.29, 1.82) is 0 Å². The van der Waals surface area contributed by atoms with Gasteiger partial charge in [0.2, 0.25) is 0 Å². The third-order valence-electron chi connectivity index (χ3n) is 1.99. The van der Waals surface area contributed by atoms with Crippen molar-refractivity contribution in [2.24, 2.45) is 0 Å². The van der Waals surface area contributed by atoms with Crippen LogP contribution in [0.1, 0.15) is 30.1 Å². The number of benzene rings is 1. The predicted octanol–water partition coefficient (Wildman–Crippen LogP) is 2.83. The molecular weight excluding hydrogens is 195 g/mol. The summed E-state index contributed by atoms with van der Waals surface area (Å²) in [5.74, 6) is -0.333. The second-order valence-electron chi connectivity index (χ2n) is 3.29. The molecule has 0 N–H and O–H groups in total. The van der Waals surface area contributed by atoms with Crippen molar-refractivity contribution < 1.29 is 13.9 Å². The van der Waals surface area contributed by atoms with Gasteiger partial charge in [-0.25, -0.2) is 4.39 Å². The first kappa shape index (κ1) is 11.9. The fourth-order valence-electron chi connectivity index (χ4n) is 1.19. The van der Waals surface area contributed by atoms with Gasteiger partial charge in [-0.3, -0.25) is 4.79 Å². The molecule has 0 saturated carbocycles. The molecule has 1 rings (SSSR count). The monoisotopic (exact) mass is 210 g/mol. The third kappa shape index (κ3) is 4.21. The van der Waals surface area contributed by atoms with Crippen molar-refractivity contribution in [3.05, 3.63) is 35.6 Å². The van der Waals surface area contributed by atoms with Crippen LogP contribution in [0, 0.1) is 5.82 Å². The minimum atomic E-state index is -0.325. The molecule has 82 valence electrons. The lowest BCUT2D eigenvalue weighted by Gasteiger charge is -2.02. The van der Waals surface area contributed by atoms with Crippen LogP contribution in [0.15, 0.2) is 24.3 Å². The number of rotatable bonds is 6. The average molecular weight is 210 g/mol. The van der Waals surface area contributed by atoms with Crippen molar-refractivity contribution >= 4 is 5.78 Å². The van der Waals surface area contributed by atoms with Crippen LogP contribution >= 0.6 is 0 Å². The zero-order valence-electron chi connectivity index (χ0n) is 8.83. The van der Waals surface area contributed by atoms with E-state index in [4.69, 9.17) is 4.74 Å². The second-order valence-corrected chi connectivity index (χ2v) is 3.29. The molecule has 0 spiro atoms. The number of carbonyl (C=O) groups is 1. The van der Waals surface area contributed by atoms with Gasteiger partial charge >= 0.3 is 0 Å². The number of halogens is 1. The van der Waals surface area contributed by atoms with E-state index in [1.54, 1.807) is 0 Å². The number of ether oxygens (including phenoxy) is 1. The van der Waals surface area contributed by atoms with Crippen LogP contribution in [0.5, 0.6) is 0 Å². The molecule has 0 aliphatic rings. The highest BCUT2D eigenvalue weighted by atomic mass is 19.1. The summed E-state index contributed by atoms with van der Waals surface area (Å²) in [5, 5.41) is 0. The normalized spacial score (nSPS) is 10.3. The Morgan fingerprint density at radius 3 is 2.53 bits per heavy atom. The summed E-state index contributed by atoms with van der Waals surface area (Å²) in [6.07, 6.45) is 1.30. The molecule has 3 heteroatoms. The van der Waals surface area contributed by atoms with Gasteiger partial charge in [-0.1, -0.05) is 6.92 Å². The summed E-state index contributed by atoms with van der Waals surface area (Å²) < 4.78 is 17.8. The first-order valence-corrected chi connectivity index (χ1v) is 5.10. The van der Waals surface area contributed by atoms with Gasteiger partial charge in [-0.2, -0.15) is 0 Å². The topological polar surface area (TPSA) is 26.3 Å². The standard InChI is InChI=1S/C12H15FO2/c1-2-8-15-9-7-12(14)10-3-5-11(13)6-4-10/h3-6H,2,7-9H2,1H3. The van der Waals surface area contributed by atoms with Crippen molar-refractivity contribution in [3.8, 4) is 0 Å². The van der Waals surface area contributed by atoms with Gasteiger partial charge in [0.25, 0.3) is 0 Å². The molecule has 0 aliphatic carbocycles. The van der Waals surface area contributed by atoms with E-state index in [1.807, 2.05) is 6.92 Å². The first-order chi connectivity index (χ1) is 7.24. The van der Waals surface area contributed by atoms with Gasteiger partial charge in [0.1, 0.15) is 5.82 Å². The van der Waals surface area contributed by atoms with Crippen LogP contribution in [0.2, 0.25) is 0 Å². The Bertz CT molecular complexity index is 306. The van der Waals surface area contributed by atoms with E-state index >= 15 is 0 Å². The maximum Gasteiger partial charge on any atom is 0.165 e. The molecule has 2 nitrogen and oxygen atoms in total. The van der Waals surface area contributed by atoms with E-state index < -0.39 is 0 Å². The molecule has 0 saturated heterocycles. The van der Waals surface area contributed by atoms with E-state index in [0.29, 0.717) is 25.2 Å². The summed E-state index contributed by atoms with van der Waals surface area (Å²) >= 11 is 0. The summed E-state index contributed by atoms with van der Waals surface area (Å²) in [6.45, 7) is 3.13. The molecule has 0 heterocycles. The largest absolute Gasteiger partial charge is 0.381 e. The minimum Gasteiger partial charge on any atom is -0.381 e. The van der Waals surface area contributed by atoms with E-state index in [0.717, 1.165) is 6.42 Å². The summed E-state index contributed by atoms with van der Waals surface area (Å²) in [4.78, 5) is 11.5. The third-order valence-corrected chi connectivity index (χ3v) is 1.99. The molecule has 0 unspecified atom stereocenters. The fourth-order valence-corrected chi connectivity index (χ4v) is 1.19. The molecule has 0 aromatic heterocycles. The van der Waals surface area contributed by atoms with Gasteiger partial charge in [-0.15, -0.1) is 0 Å². The zero-order valence-corrected chi connectivity index (χ0v) is 8.83. The Morgan fingerprint density at radius 1 is 1.27 bits per heavy atom. The molecule has 0 fully saturated rings. The summed E-state index contributed by atoms with van der Waals surface area (Å²) in [5.41, 5.74) is 0.538. The fraction of sp³-hybridized carbons (Fsp3) is 0.417.